The standard InChI is InChI=1S/C19H18N2O4/c1-24-11-10-21(13-14-6-8-20-9-7-14)19(23)18-12-16(22)15-4-2-3-5-17(15)25-18/h2-9,12H,10-11,13H2,1H3. The maximum absolute atomic E-state index is 12.9. The number of aromatic nitrogens is 1. The molecule has 1 aromatic carbocycles. The van der Waals surface area contributed by atoms with E-state index in [1.165, 1.54) is 6.07 Å². The highest BCUT2D eigenvalue weighted by Crippen LogP contribution is 2.14. The molecule has 3 aromatic rings. The molecule has 0 aliphatic carbocycles. The van der Waals surface area contributed by atoms with Crippen molar-refractivity contribution in [1.82, 2.24) is 9.88 Å². The first-order valence-electron chi connectivity index (χ1n) is 7.89. The molecule has 0 radical (unpaired) electrons. The lowest BCUT2D eigenvalue weighted by molar-refractivity contribution is 0.0650. The van der Waals surface area contributed by atoms with E-state index in [2.05, 4.69) is 4.98 Å². The van der Waals surface area contributed by atoms with E-state index in [9.17, 15) is 9.59 Å². The van der Waals surface area contributed by atoms with Gasteiger partial charge in [-0.2, -0.15) is 0 Å². The summed E-state index contributed by atoms with van der Waals surface area (Å²) in [6.07, 6.45) is 3.34. The number of para-hydroxylation sites is 1. The van der Waals surface area contributed by atoms with Crippen molar-refractivity contribution in [2.75, 3.05) is 20.3 Å². The number of amides is 1. The average molecular weight is 338 g/mol. The molecule has 3 rings (SSSR count). The maximum atomic E-state index is 12.9. The van der Waals surface area contributed by atoms with E-state index in [-0.39, 0.29) is 17.1 Å². The van der Waals surface area contributed by atoms with Gasteiger partial charge in [-0.3, -0.25) is 14.6 Å². The molecule has 0 unspecified atom stereocenters. The third-order valence-corrected chi connectivity index (χ3v) is 3.82. The van der Waals surface area contributed by atoms with Crippen molar-refractivity contribution in [3.8, 4) is 0 Å². The van der Waals surface area contributed by atoms with Crippen molar-refractivity contribution in [1.29, 1.82) is 0 Å². The summed E-state index contributed by atoms with van der Waals surface area (Å²) in [6, 6.07) is 11.8. The van der Waals surface area contributed by atoms with Gasteiger partial charge in [0.2, 0.25) is 0 Å². The smallest absolute Gasteiger partial charge is 0.290 e. The maximum Gasteiger partial charge on any atom is 0.290 e. The van der Waals surface area contributed by atoms with Crippen LogP contribution < -0.4 is 5.43 Å². The average Bonchev–Trinajstić information content (AvgIpc) is 2.65. The number of hydrogen-bond donors (Lipinski definition) is 0. The number of fused-ring (bicyclic) bond motifs is 1. The minimum atomic E-state index is -0.350. The SMILES string of the molecule is COCCN(Cc1ccncc1)C(=O)c1cc(=O)c2ccccc2o1. The van der Waals surface area contributed by atoms with Gasteiger partial charge in [0.15, 0.2) is 11.2 Å². The van der Waals surface area contributed by atoms with Gasteiger partial charge in [0.25, 0.3) is 5.91 Å². The number of rotatable bonds is 6. The van der Waals surface area contributed by atoms with Gasteiger partial charge < -0.3 is 14.1 Å². The molecule has 25 heavy (non-hydrogen) atoms. The van der Waals surface area contributed by atoms with E-state index in [1.807, 2.05) is 12.1 Å². The molecule has 6 heteroatoms. The quantitative estimate of drug-likeness (QED) is 0.690. The molecular formula is C19H18N2O4. The molecule has 128 valence electrons. The second kappa shape index (κ2) is 7.72. The molecule has 1 amide bonds. The van der Waals surface area contributed by atoms with Crippen molar-refractivity contribution in [2.24, 2.45) is 0 Å². The summed E-state index contributed by atoms with van der Waals surface area (Å²) in [4.78, 5) is 30.7. The molecule has 2 aromatic heterocycles. The molecule has 0 fully saturated rings. The topological polar surface area (TPSA) is 72.6 Å². The van der Waals surface area contributed by atoms with Crippen LogP contribution in [-0.2, 0) is 11.3 Å². The molecule has 0 N–H and O–H groups in total. The van der Waals surface area contributed by atoms with Gasteiger partial charge in [-0.25, -0.2) is 0 Å². The highest BCUT2D eigenvalue weighted by atomic mass is 16.5. The molecule has 0 saturated heterocycles. The molecule has 0 bridgehead atoms. The van der Waals surface area contributed by atoms with Gasteiger partial charge in [0.05, 0.1) is 12.0 Å². The Morgan fingerprint density at radius 1 is 1.20 bits per heavy atom. The van der Waals surface area contributed by atoms with Gasteiger partial charge in [0, 0.05) is 38.7 Å². The van der Waals surface area contributed by atoms with E-state index in [0.717, 1.165) is 5.56 Å². The number of carbonyl (C=O) groups is 1. The van der Waals surface area contributed by atoms with E-state index >= 15 is 0 Å². The Morgan fingerprint density at radius 3 is 2.72 bits per heavy atom. The summed E-state index contributed by atoms with van der Waals surface area (Å²) >= 11 is 0. The largest absolute Gasteiger partial charge is 0.451 e. The van der Waals surface area contributed by atoms with Crippen molar-refractivity contribution < 1.29 is 13.9 Å². The van der Waals surface area contributed by atoms with Crippen LogP contribution in [0.15, 0.2) is 64.1 Å². The zero-order chi connectivity index (χ0) is 17.6. The normalized spacial score (nSPS) is 10.8. The Morgan fingerprint density at radius 2 is 1.96 bits per heavy atom. The predicted molar refractivity (Wildman–Crippen MR) is 93.3 cm³/mol. The molecule has 0 aliphatic rings. The first kappa shape index (κ1) is 16.9. The first-order valence-corrected chi connectivity index (χ1v) is 7.89. The monoisotopic (exact) mass is 338 g/mol. The van der Waals surface area contributed by atoms with Gasteiger partial charge in [-0.1, -0.05) is 12.1 Å². The van der Waals surface area contributed by atoms with Crippen molar-refractivity contribution >= 4 is 16.9 Å². The van der Waals surface area contributed by atoms with Crippen molar-refractivity contribution in [3.63, 3.8) is 0 Å². The Balaban J connectivity index is 1.92. The molecule has 0 atom stereocenters. The number of carbonyl (C=O) groups excluding carboxylic acids is 1. The van der Waals surface area contributed by atoms with Crippen LogP contribution >= 0.6 is 0 Å². The van der Waals surface area contributed by atoms with Gasteiger partial charge >= 0.3 is 0 Å². The highest BCUT2D eigenvalue weighted by molar-refractivity contribution is 5.93. The zero-order valence-electron chi connectivity index (χ0n) is 13.8. The zero-order valence-corrected chi connectivity index (χ0v) is 13.8. The van der Waals surface area contributed by atoms with Crippen LogP contribution in [-0.4, -0.2) is 36.1 Å². The fourth-order valence-electron chi connectivity index (χ4n) is 2.53. The van der Waals surface area contributed by atoms with Crippen LogP contribution in [0.5, 0.6) is 0 Å². The fraction of sp³-hybridized carbons (Fsp3) is 0.211. The van der Waals surface area contributed by atoms with Crippen molar-refractivity contribution in [3.05, 3.63) is 76.4 Å². The Kier molecular flexibility index (Phi) is 5.20. The Hall–Kier alpha value is -2.99. The fourth-order valence-corrected chi connectivity index (χ4v) is 2.53. The minimum absolute atomic E-state index is 0.0221. The van der Waals surface area contributed by atoms with Crippen LogP contribution in [0.4, 0.5) is 0 Å². The summed E-state index contributed by atoms with van der Waals surface area (Å²) in [5, 5.41) is 0.455. The number of methoxy groups -OCH3 is 1. The lowest BCUT2D eigenvalue weighted by Gasteiger charge is -2.22. The minimum Gasteiger partial charge on any atom is -0.451 e. The van der Waals surface area contributed by atoms with Crippen LogP contribution in [0, 0.1) is 0 Å². The van der Waals surface area contributed by atoms with Crippen LogP contribution in [0.3, 0.4) is 0 Å². The lowest BCUT2D eigenvalue weighted by atomic mass is 10.2. The van der Waals surface area contributed by atoms with E-state index in [1.54, 1.807) is 48.7 Å². The molecule has 2 heterocycles. The molecule has 0 saturated carbocycles. The number of hydrogen-bond acceptors (Lipinski definition) is 5. The highest BCUT2D eigenvalue weighted by Gasteiger charge is 2.20. The number of pyridine rings is 1. The van der Waals surface area contributed by atoms with E-state index in [0.29, 0.717) is 30.7 Å². The number of benzene rings is 1. The van der Waals surface area contributed by atoms with E-state index in [4.69, 9.17) is 9.15 Å². The molecular weight excluding hydrogens is 320 g/mol. The molecule has 6 nitrogen and oxygen atoms in total. The van der Waals surface area contributed by atoms with E-state index < -0.39 is 0 Å². The first-order chi connectivity index (χ1) is 12.2. The van der Waals surface area contributed by atoms with Gasteiger partial charge in [-0.15, -0.1) is 0 Å². The number of nitrogens with zero attached hydrogens (tertiary/aromatic N) is 2. The number of ether oxygens (including phenoxy) is 1. The second-order valence-electron chi connectivity index (χ2n) is 5.55. The second-order valence-corrected chi connectivity index (χ2v) is 5.55. The van der Waals surface area contributed by atoms with Crippen molar-refractivity contribution in [2.45, 2.75) is 6.54 Å². The summed E-state index contributed by atoms with van der Waals surface area (Å²) in [5.41, 5.74) is 1.09. The van der Waals surface area contributed by atoms with Gasteiger partial charge in [0.1, 0.15) is 5.58 Å². The van der Waals surface area contributed by atoms with Crippen LogP contribution in [0.1, 0.15) is 16.1 Å². The van der Waals surface area contributed by atoms with Gasteiger partial charge in [-0.05, 0) is 29.8 Å². The molecule has 0 aliphatic heterocycles. The third-order valence-electron chi connectivity index (χ3n) is 3.82. The predicted octanol–water partition coefficient (Wildman–Crippen LogP) is 2.48. The Labute approximate surface area is 144 Å². The lowest BCUT2D eigenvalue weighted by Crippen LogP contribution is -2.34. The summed E-state index contributed by atoms with van der Waals surface area (Å²) < 4.78 is 10.8. The van der Waals surface area contributed by atoms with Crippen LogP contribution in [0.2, 0.25) is 0 Å². The molecule has 0 spiro atoms. The summed E-state index contributed by atoms with van der Waals surface area (Å²) in [7, 11) is 1.57. The Bertz CT molecular complexity index is 921. The third kappa shape index (κ3) is 3.92. The van der Waals surface area contributed by atoms with Crippen LogP contribution in [0.25, 0.3) is 11.0 Å². The summed E-state index contributed by atoms with van der Waals surface area (Å²) in [6.45, 7) is 1.14. The summed E-state index contributed by atoms with van der Waals surface area (Å²) in [5.74, 6) is -0.328.